The summed E-state index contributed by atoms with van der Waals surface area (Å²) < 4.78 is 4.66. The average Bonchev–Trinajstić information content (AvgIpc) is 2.92. The van der Waals surface area contributed by atoms with Crippen molar-refractivity contribution in [1.29, 1.82) is 0 Å². The van der Waals surface area contributed by atoms with Crippen LogP contribution in [0.1, 0.15) is 21.6 Å². The zero-order chi connectivity index (χ0) is 13.8. The molecule has 2 aromatic rings. The van der Waals surface area contributed by atoms with Gasteiger partial charge in [-0.1, -0.05) is 35.6 Å². The Morgan fingerprint density at radius 3 is 2.89 bits per heavy atom. The van der Waals surface area contributed by atoms with Crippen LogP contribution in [0.4, 0.5) is 0 Å². The Morgan fingerprint density at radius 2 is 2.26 bits per heavy atom. The molecule has 0 saturated heterocycles. The van der Waals surface area contributed by atoms with E-state index in [1.165, 1.54) is 12.3 Å². The fourth-order valence-corrected chi connectivity index (χ4v) is 1.81. The second-order valence-corrected chi connectivity index (χ2v) is 4.55. The van der Waals surface area contributed by atoms with Crippen molar-refractivity contribution >= 4 is 23.1 Å². The number of aromatic nitrogens is 1. The third kappa shape index (κ3) is 3.17. The predicted molar refractivity (Wildman–Crippen MR) is 74.6 cm³/mol. The SMILES string of the molecule is CN(Cc1cccc(C(N)=S)c1)C(=O)c1ccon1. The van der Waals surface area contributed by atoms with E-state index in [0.717, 1.165) is 11.1 Å². The first-order valence-corrected chi connectivity index (χ1v) is 6.03. The van der Waals surface area contributed by atoms with Crippen molar-refractivity contribution < 1.29 is 9.32 Å². The lowest BCUT2D eigenvalue weighted by Gasteiger charge is -2.16. The molecule has 1 amide bonds. The lowest BCUT2D eigenvalue weighted by molar-refractivity contribution is 0.0775. The van der Waals surface area contributed by atoms with Gasteiger partial charge in [-0.25, -0.2) is 0 Å². The quantitative estimate of drug-likeness (QED) is 0.858. The molecule has 1 heterocycles. The highest BCUT2D eigenvalue weighted by atomic mass is 32.1. The van der Waals surface area contributed by atoms with E-state index in [1.54, 1.807) is 11.9 Å². The van der Waals surface area contributed by atoms with Crippen LogP contribution in [0.5, 0.6) is 0 Å². The Balaban J connectivity index is 2.10. The van der Waals surface area contributed by atoms with Crippen molar-refractivity contribution in [3.05, 3.63) is 53.4 Å². The molecule has 19 heavy (non-hydrogen) atoms. The number of benzene rings is 1. The number of carbonyl (C=O) groups excluding carboxylic acids is 1. The molecule has 0 spiro atoms. The molecular weight excluding hydrogens is 262 g/mol. The molecule has 0 bridgehead atoms. The first-order chi connectivity index (χ1) is 9.08. The third-order valence-electron chi connectivity index (χ3n) is 2.63. The van der Waals surface area contributed by atoms with E-state index in [1.807, 2.05) is 24.3 Å². The van der Waals surface area contributed by atoms with Crippen LogP contribution in [0.25, 0.3) is 0 Å². The van der Waals surface area contributed by atoms with Crippen LogP contribution in [0.3, 0.4) is 0 Å². The standard InChI is InChI=1S/C13H13N3O2S/c1-16(13(17)11-5-6-18-15-11)8-9-3-2-4-10(7-9)12(14)19/h2-7H,8H2,1H3,(H2,14,19). The van der Waals surface area contributed by atoms with E-state index in [4.69, 9.17) is 18.0 Å². The van der Waals surface area contributed by atoms with Crippen LogP contribution >= 0.6 is 12.2 Å². The summed E-state index contributed by atoms with van der Waals surface area (Å²) in [6.07, 6.45) is 1.37. The summed E-state index contributed by atoms with van der Waals surface area (Å²) in [5, 5.41) is 3.62. The zero-order valence-corrected chi connectivity index (χ0v) is 11.2. The molecule has 0 fully saturated rings. The minimum Gasteiger partial charge on any atom is -0.389 e. The topological polar surface area (TPSA) is 72.4 Å². The Labute approximate surface area is 116 Å². The highest BCUT2D eigenvalue weighted by Gasteiger charge is 2.14. The number of carbonyl (C=O) groups is 1. The molecule has 6 heteroatoms. The number of amides is 1. The van der Waals surface area contributed by atoms with Crippen LogP contribution in [0.15, 0.2) is 41.1 Å². The molecule has 0 aliphatic heterocycles. The van der Waals surface area contributed by atoms with Gasteiger partial charge in [0.15, 0.2) is 5.69 Å². The summed E-state index contributed by atoms with van der Waals surface area (Å²) in [4.78, 5) is 13.9. The van der Waals surface area contributed by atoms with Gasteiger partial charge in [0.25, 0.3) is 5.91 Å². The number of hydrogen-bond donors (Lipinski definition) is 1. The predicted octanol–water partition coefficient (Wildman–Crippen LogP) is 1.58. The van der Waals surface area contributed by atoms with Gasteiger partial charge in [0.2, 0.25) is 0 Å². The number of hydrogen-bond acceptors (Lipinski definition) is 4. The third-order valence-corrected chi connectivity index (χ3v) is 2.87. The van der Waals surface area contributed by atoms with Crippen molar-refractivity contribution in [2.75, 3.05) is 7.05 Å². The van der Waals surface area contributed by atoms with E-state index < -0.39 is 0 Å². The molecule has 0 aliphatic rings. The smallest absolute Gasteiger partial charge is 0.276 e. The van der Waals surface area contributed by atoms with Gasteiger partial charge >= 0.3 is 0 Å². The lowest BCUT2D eigenvalue weighted by Crippen LogP contribution is -2.26. The summed E-state index contributed by atoms with van der Waals surface area (Å²) in [5.74, 6) is -0.200. The molecule has 0 aliphatic carbocycles. The summed E-state index contributed by atoms with van der Waals surface area (Å²) >= 11 is 4.93. The van der Waals surface area contributed by atoms with Crippen molar-refractivity contribution in [3.8, 4) is 0 Å². The van der Waals surface area contributed by atoms with Crippen LogP contribution in [-0.2, 0) is 6.54 Å². The van der Waals surface area contributed by atoms with Crippen LogP contribution in [0.2, 0.25) is 0 Å². The summed E-state index contributed by atoms with van der Waals surface area (Å²) in [6.45, 7) is 0.447. The molecule has 5 nitrogen and oxygen atoms in total. The fraction of sp³-hybridized carbons (Fsp3) is 0.154. The van der Waals surface area contributed by atoms with Gasteiger partial charge in [-0.3, -0.25) is 4.79 Å². The molecule has 0 saturated carbocycles. The molecule has 0 atom stereocenters. The molecule has 0 unspecified atom stereocenters. The lowest BCUT2D eigenvalue weighted by atomic mass is 10.1. The van der Waals surface area contributed by atoms with E-state index in [-0.39, 0.29) is 11.6 Å². The van der Waals surface area contributed by atoms with Gasteiger partial charge in [-0.15, -0.1) is 0 Å². The molecule has 2 N–H and O–H groups in total. The summed E-state index contributed by atoms with van der Waals surface area (Å²) in [6, 6.07) is 9.01. The second-order valence-electron chi connectivity index (χ2n) is 4.11. The average molecular weight is 275 g/mol. The summed E-state index contributed by atoms with van der Waals surface area (Å²) in [7, 11) is 1.70. The minimum atomic E-state index is -0.200. The largest absolute Gasteiger partial charge is 0.389 e. The Kier molecular flexibility index (Phi) is 3.91. The second kappa shape index (κ2) is 5.62. The van der Waals surface area contributed by atoms with Crippen LogP contribution < -0.4 is 5.73 Å². The van der Waals surface area contributed by atoms with Crippen molar-refractivity contribution in [1.82, 2.24) is 10.1 Å². The van der Waals surface area contributed by atoms with Crippen molar-refractivity contribution in [2.45, 2.75) is 6.54 Å². The number of nitrogens with two attached hydrogens (primary N) is 1. The van der Waals surface area contributed by atoms with Gasteiger partial charge in [0, 0.05) is 25.2 Å². The maximum atomic E-state index is 12.0. The van der Waals surface area contributed by atoms with Gasteiger partial charge in [-0.05, 0) is 11.6 Å². The Hall–Kier alpha value is -2.21. The number of nitrogens with zero attached hydrogens (tertiary/aromatic N) is 2. The summed E-state index contributed by atoms with van der Waals surface area (Å²) in [5.41, 5.74) is 7.60. The number of rotatable bonds is 4. The first kappa shape index (κ1) is 13.2. The van der Waals surface area contributed by atoms with E-state index >= 15 is 0 Å². The van der Waals surface area contributed by atoms with Gasteiger partial charge in [0.1, 0.15) is 11.3 Å². The molecule has 2 rings (SSSR count). The van der Waals surface area contributed by atoms with E-state index in [9.17, 15) is 4.79 Å². The Bertz CT molecular complexity index is 596. The molecule has 0 radical (unpaired) electrons. The Morgan fingerprint density at radius 1 is 1.47 bits per heavy atom. The maximum absolute atomic E-state index is 12.0. The normalized spacial score (nSPS) is 10.2. The van der Waals surface area contributed by atoms with Crippen molar-refractivity contribution in [3.63, 3.8) is 0 Å². The first-order valence-electron chi connectivity index (χ1n) is 5.62. The number of thiocarbonyl (C=S) groups is 1. The minimum absolute atomic E-state index is 0.200. The van der Waals surface area contributed by atoms with Gasteiger partial charge in [-0.2, -0.15) is 0 Å². The van der Waals surface area contributed by atoms with Crippen LogP contribution in [0, 0.1) is 0 Å². The van der Waals surface area contributed by atoms with Crippen LogP contribution in [-0.4, -0.2) is 28.0 Å². The molecule has 1 aromatic carbocycles. The molecule has 98 valence electrons. The highest BCUT2D eigenvalue weighted by molar-refractivity contribution is 7.80. The monoisotopic (exact) mass is 275 g/mol. The van der Waals surface area contributed by atoms with Crippen molar-refractivity contribution in [2.24, 2.45) is 5.73 Å². The fourth-order valence-electron chi connectivity index (χ4n) is 1.69. The zero-order valence-electron chi connectivity index (χ0n) is 10.4. The van der Waals surface area contributed by atoms with Gasteiger partial charge in [0.05, 0.1) is 0 Å². The van der Waals surface area contributed by atoms with Gasteiger partial charge < -0.3 is 15.2 Å². The molecule has 1 aromatic heterocycles. The molecular formula is C13H13N3O2S. The van der Waals surface area contributed by atoms with E-state index in [2.05, 4.69) is 9.68 Å². The highest BCUT2D eigenvalue weighted by Crippen LogP contribution is 2.09. The van der Waals surface area contributed by atoms with E-state index in [0.29, 0.717) is 11.5 Å². The maximum Gasteiger partial charge on any atom is 0.276 e.